The Hall–Kier alpha value is -3.31. The highest BCUT2D eigenvalue weighted by Gasteiger charge is 2.32. The van der Waals surface area contributed by atoms with Gasteiger partial charge in [0.15, 0.2) is 0 Å². The number of aryl methyl sites for hydroxylation is 1. The SMILES string of the molecule is Cc1ccc(NC(=O)N2CC=C(CC(F)(F)F)C2)cc1-c1cc(OCCO)nc(N2CCOCC2)c1. The van der Waals surface area contributed by atoms with Crippen LogP contribution in [-0.2, 0) is 4.74 Å². The number of nitrogens with one attached hydrogen (secondary N) is 1. The Balaban J connectivity index is 1.54. The van der Waals surface area contributed by atoms with Crippen LogP contribution in [0.5, 0.6) is 5.88 Å². The van der Waals surface area contributed by atoms with Gasteiger partial charge in [0, 0.05) is 37.9 Å². The second-order valence-corrected chi connectivity index (χ2v) is 8.72. The Morgan fingerprint density at radius 1 is 1.22 bits per heavy atom. The van der Waals surface area contributed by atoms with Crippen LogP contribution in [0.25, 0.3) is 11.1 Å². The first-order valence-corrected chi connectivity index (χ1v) is 11.7. The smallest absolute Gasteiger partial charge is 0.392 e. The van der Waals surface area contributed by atoms with E-state index in [4.69, 9.17) is 9.47 Å². The Morgan fingerprint density at radius 2 is 2.00 bits per heavy atom. The van der Waals surface area contributed by atoms with E-state index in [-0.39, 0.29) is 31.9 Å². The molecule has 0 aliphatic carbocycles. The summed E-state index contributed by atoms with van der Waals surface area (Å²) < 4.78 is 49.1. The molecule has 1 aromatic carbocycles. The molecule has 0 saturated carbocycles. The number of hydrogen-bond acceptors (Lipinski definition) is 6. The Bertz CT molecular complexity index is 1120. The Kier molecular flexibility index (Phi) is 8.00. The van der Waals surface area contributed by atoms with E-state index in [2.05, 4.69) is 15.2 Å². The van der Waals surface area contributed by atoms with Crippen LogP contribution in [0, 0.1) is 6.92 Å². The Morgan fingerprint density at radius 3 is 2.72 bits per heavy atom. The van der Waals surface area contributed by atoms with Crippen LogP contribution >= 0.6 is 0 Å². The lowest BCUT2D eigenvalue weighted by Gasteiger charge is -2.28. The second kappa shape index (κ2) is 11.2. The molecule has 2 aliphatic rings. The van der Waals surface area contributed by atoms with E-state index >= 15 is 0 Å². The molecule has 11 heteroatoms. The number of carbonyl (C=O) groups is 1. The fraction of sp³-hybridized carbons (Fsp3) is 0.440. The lowest BCUT2D eigenvalue weighted by atomic mass is 10.0. The molecule has 3 heterocycles. The minimum absolute atomic E-state index is 0.0527. The first-order chi connectivity index (χ1) is 17.2. The number of pyridine rings is 1. The molecule has 8 nitrogen and oxygen atoms in total. The average molecular weight is 507 g/mol. The highest BCUT2D eigenvalue weighted by atomic mass is 19.4. The van der Waals surface area contributed by atoms with Gasteiger partial charge in [0.2, 0.25) is 5.88 Å². The standard InChI is InChI=1S/C25H29F3N4O4/c1-17-2-3-20(29-24(34)32-5-4-18(16-32)15-25(26,27)28)14-21(17)19-12-22(31-6-9-35-10-7-31)30-23(13-19)36-11-8-33/h2-4,12-14,33H,5-11,15-16H2,1H3,(H,29,34). The number of carbonyl (C=O) groups excluding carboxylic acids is 1. The molecular formula is C25H29F3N4O4. The highest BCUT2D eigenvalue weighted by Crippen LogP contribution is 2.32. The molecule has 0 atom stereocenters. The van der Waals surface area contributed by atoms with E-state index in [1.54, 1.807) is 12.1 Å². The molecule has 2 N–H and O–H groups in total. The number of ether oxygens (including phenoxy) is 2. The maximum atomic E-state index is 12.7. The summed E-state index contributed by atoms with van der Waals surface area (Å²) in [5, 5.41) is 12.0. The lowest BCUT2D eigenvalue weighted by molar-refractivity contribution is -0.127. The molecule has 194 valence electrons. The van der Waals surface area contributed by atoms with Crippen LogP contribution in [0.3, 0.4) is 0 Å². The monoisotopic (exact) mass is 506 g/mol. The number of aromatic nitrogens is 1. The van der Waals surface area contributed by atoms with Gasteiger partial charge in [-0.2, -0.15) is 18.2 Å². The fourth-order valence-corrected chi connectivity index (χ4v) is 4.19. The van der Waals surface area contributed by atoms with E-state index in [1.807, 2.05) is 25.1 Å². The van der Waals surface area contributed by atoms with E-state index in [1.165, 1.54) is 11.0 Å². The van der Waals surface area contributed by atoms with Crippen molar-refractivity contribution in [2.45, 2.75) is 19.5 Å². The molecule has 2 aliphatic heterocycles. The van der Waals surface area contributed by atoms with Crippen LogP contribution < -0.4 is 15.0 Å². The van der Waals surface area contributed by atoms with E-state index in [0.29, 0.717) is 37.9 Å². The minimum atomic E-state index is -4.30. The van der Waals surface area contributed by atoms with E-state index in [0.717, 1.165) is 22.5 Å². The van der Waals surface area contributed by atoms with Crippen molar-refractivity contribution in [2.75, 3.05) is 62.8 Å². The molecular weight excluding hydrogens is 477 g/mol. The third-order valence-corrected chi connectivity index (χ3v) is 5.97. The number of morpholine rings is 1. The first-order valence-electron chi connectivity index (χ1n) is 11.7. The molecule has 0 bridgehead atoms. The largest absolute Gasteiger partial charge is 0.475 e. The van der Waals surface area contributed by atoms with Crippen molar-refractivity contribution in [3.05, 3.63) is 47.5 Å². The maximum Gasteiger partial charge on any atom is 0.392 e. The molecule has 1 fully saturated rings. The summed E-state index contributed by atoms with van der Waals surface area (Å²) in [6.45, 7) is 4.54. The summed E-state index contributed by atoms with van der Waals surface area (Å²) in [4.78, 5) is 20.7. The summed E-state index contributed by atoms with van der Waals surface area (Å²) in [5.41, 5.74) is 3.33. The van der Waals surface area contributed by atoms with Crippen LogP contribution in [0.15, 0.2) is 42.0 Å². The van der Waals surface area contributed by atoms with Gasteiger partial charge >= 0.3 is 12.2 Å². The number of amides is 2. The predicted octanol–water partition coefficient (Wildman–Crippen LogP) is 3.99. The van der Waals surface area contributed by atoms with Gasteiger partial charge in [0.25, 0.3) is 0 Å². The number of rotatable bonds is 7. The molecule has 1 aromatic heterocycles. The lowest BCUT2D eigenvalue weighted by Crippen LogP contribution is -2.36. The van der Waals surface area contributed by atoms with Crippen molar-refractivity contribution in [1.29, 1.82) is 0 Å². The van der Waals surface area contributed by atoms with Crippen molar-refractivity contribution in [1.82, 2.24) is 9.88 Å². The van der Waals surface area contributed by atoms with Crippen LogP contribution in [0.1, 0.15) is 12.0 Å². The summed E-state index contributed by atoms with van der Waals surface area (Å²) in [7, 11) is 0. The number of anilines is 2. The van der Waals surface area contributed by atoms with Crippen molar-refractivity contribution in [3.8, 4) is 17.0 Å². The van der Waals surface area contributed by atoms with E-state index in [9.17, 15) is 23.1 Å². The van der Waals surface area contributed by atoms with Crippen molar-refractivity contribution < 1.29 is 32.5 Å². The topological polar surface area (TPSA) is 87.2 Å². The van der Waals surface area contributed by atoms with E-state index < -0.39 is 18.6 Å². The quantitative estimate of drug-likeness (QED) is 0.553. The maximum absolute atomic E-state index is 12.7. The third-order valence-electron chi connectivity index (χ3n) is 5.97. The molecule has 0 unspecified atom stereocenters. The number of nitrogens with zero attached hydrogens (tertiary/aromatic N) is 3. The van der Waals surface area contributed by atoms with Crippen LogP contribution in [-0.4, -0.2) is 79.8 Å². The van der Waals surface area contributed by atoms with Crippen LogP contribution in [0.2, 0.25) is 0 Å². The zero-order valence-electron chi connectivity index (χ0n) is 20.0. The number of aliphatic hydroxyl groups excluding tert-OH is 1. The molecule has 0 spiro atoms. The molecule has 2 aromatic rings. The molecule has 1 saturated heterocycles. The van der Waals surface area contributed by atoms with Gasteiger partial charge in [-0.25, -0.2) is 4.79 Å². The number of alkyl halides is 3. The number of halogens is 3. The molecule has 2 amide bonds. The summed E-state index contributed by atoms with van der Waals surface area (Å²) in [6, 6.07) is 8.70. The van der Waals surface area contributed by atoms with Gasteiger partial charge in [-0.3, -0.25) is 0 Å². The average Bonchev–Trinajstić information content (AvgIpc) is 3.31. The van der Waals surface area contributed by atoms with Gasteiger partial charge in [-0.1, -0.05) is 12.1 Å². The molecule has 4 rings (SSSR count). The highest BCUT2D eigenvalue weighted by molar-refractivity contribution is 5.91. The molecule has 36 heavy (non-hydrogen) atoms. The number of benzene rings is 1. The zero-order chi connectivity index (χ0) is 25.7. The van der Waals surface area contributed by atoms with Gasteiger partial charge in [-0.15, -0.1) is 0 Å². The third kappa shape index (κ3) is 6.67. The van der Waals surface area contributed by atoms with Gasteiger partial charge in [-0.05, 0) is 47.4 Å². The van der Waals surface area contributed by atoms with Crippen molar-refractivity contribution in [3.63, 3.8) is 0 Å². The van der Waals surface area contributed by atoms with Crippen LogP contribution in [0.4, 0.5) is 29.5 Å². The molecule has 0 radical (unpaired) electrons. The van der Waals surface area contributed by atoms with Crippen molar-refractivity contribution in [2.24, 2.45) is 0 Å². The second-order valence-electron chi connectivity index (χ2n) is 8.72. The van der Waals surface area contributed by atoms with Gasteiger partial charge < -0.3 is 29.7 Å². The Labute approximate surface area is 207 Å². The fourth-order valence-electron chi connectivity index (χ4n) is 4.19. The zero-order valence-corrected chi connectivity index (χ0v) is 20.0. The number of hydrogen-bond donors (Lipinski definition) is 2. The number of urea groups is 1. The normalized spacial score (nSPS) is 16.2. The number of aliphatic hydroxyl groups is 1. The first kappa shape index (κ1) is 25.8. The summed E-state index contributed by atoms with van der Waals surface area (Å²) in [5.74, 6) is 1.09. The van der Waals surface area contributed by atoms with Gasteiger partial charge in [0.05, 0.1) is 26.2 Å². The summed E-state index contributed by atoms with van der Waals surface area (Å²) in [6.07, 6.45) is -3.86. The van der Waals surface area contributed by atoms with Gasteiger partial charge in [0.1, 0.15) is 12.4 Å². The predicted molar refractivity (Wildman–Crippen MR) is 129 cm³/mol. The minimum Gasteiger partial charge on any atom is -0.475 e. The van der Waals surface area contributed by atoms with Crippen molar-refractivity contribution >= 4 is 17.5 Å². The summed E-state index contributed by atoms with van der Waals surface area (Å²) >= 11 is 0.